The van der Waals surface area contributed by atoms with Crippen LogP contribution in [0.25, 0.3) is 0 Å². The molecular weight excluding hydrogens is 403 g/mol. The average molecular weight is 432 g/mol. The molecule has 0 bridgehead atoms. The fraction of sp³-hybridized carbons (Fsp3) is 0.591. The fourth-order valence-corrected chi connectivity index (χ4v) is 4.80. The monoisotopic (exact) mass is 432 g/mol. The summed E-state index contributed by atoms with van der Waals surface area (Å²) in [6.45, 7) is 4.43. The van der Waals surface area contributed by atoms with Gasteiger partial charge in [-0.2, -0.15) is 0 Å². The van der Waals surface area contributed by atoms with Crippen molar-refractivity contribution in [1.82, 2.24) is 20.4 Å². The largest absolute Gasteiger partial charge is 0.379 e. The van der Waals surface area contributed by atoms with E-state index in [9.17, 15) is 18.8 Å². The van der Waals surface area contributed by atoms with Crippen molar-refractivity contribution in [2.75, 3.05) is 32.8 Å². The number of carbonyl (C=O) groups excluding carboxylic acids is 3. The molecule has 9 heteroatoms. The Labute approximate surface area is 181 Å². The molecule has 4 rings (SSSR count). The third-order valence-electron chi connectivity index (χ3n) is 6.63. The molecule has 2 atom stereocenters. The minimum atomic E-state index is -0.911. The number of carbonyl (C=O) groups is 3. The van der Waals surface area contributed by atoms with Crippen molar-refractivity contribution in [2.24, 2.45) is 0 Å². The number of hydrogen-bond donors (Lipinski definition) is 2. The maximum Gasteiger partial charge on any atom is 0.325 e. The van der Waals surface area contributed by atoms with E-state index in [0.717, 1.165) is 23.3 Å². The first-order valence-corrected chi connectivity index (χ1v) is 10.9. The van der Waals surface area contributed by atoms with Crippen LogP contribution in [0.5, 0.6) is 0 Å². The Bertz CT molecular complexity index is 834. The summed E-state index contributed by atoms with van der Waals surface area (Å²) in [4.78, 5) is 41.6. The van der Waals surface area contributed by atoms with Crippen LogP contribution in [0, 0.1) is 5.82 Å². The van der Waals surface area contributed by atoms with E-state index in [1.165, 1.54) is 12.1 Å². The van der Waals surface area contributed by atoms with E-state index in [4.69, 9.17) is 4.74 Å². The van der Waals surface area contributed by atoms with Crippen molar-refractivity contribution in [3.05, 3.63) is 35.6 Å². The number of nitrogens with zero attached hydrogens (tertiary/aromatic N) is 2. The normalized spacial score (nSPS) is 23.1. The zero-order valence-corrected chi connectivity index (χ0v) is 17.7. The van der Waals surface area contributed by atoms with E-state index in [-0.39, 0.29) is 30.2 Å². The fourth-order valence-electron chi connectivity index (χ4n) is 4.80. The molecule has 2 aliphatic heterocycles. The molecule has 4 amide bonds. The van der Waals surface area contributed by atoms with Gasteiger partial charge in [-0.25, -0.2) is 14.1 Å². The first kappa shape index (κ1) is 21.7. The number of nitrogens with one attached hydrogen (secondary N) is 2. The predicted octanol–water partition coefficient (Wildman–Crippen LogP) is 1.57. The smallest absolute Gasteiger partial charge is 0.325 e. The zero-order valence-electron chi connectivity index (χ0n) is 17.7. The van der Waals surface area contributed by atoms with Gasteiger partial charge >= 0.3 is 6.03 Å². The van der Waals surface area contributed by atoms with E-state index in [2.05, 4.69) is 15.5 Å². The lowest BCUT2D eigenvalue weighted by Crippen LogP contribution is -2.51. The van der Waals surface area contributed by atoms with E-state index < -0.39 is 17.6 Å². The highest BCUT2D eigenvalue weighted by Crippen LogP contribution is 2.35. The van der Waals surface area contributed by atoms with Gasteiger partial charge in [-0.1, -0.05) is 25.0 Å². The van der Waals surface area contributed by atoms with Crippen molar-refractivity contribution in [3.8, 4) is 0 Å². The standard InChI is InChI=1S/C22H29FN4O4/c1-15(27-20(29)22(25-21(27)30)8-2-3-9-22)19(28)24-14-18(26-10-12-31-13-11-26)16-4-6-17(23)7-5-16/h4-7,15,18H,2-3,8-14H2,1H3,(H,24,28)(H,25,30). The van der Waals surface area contributed by atoms with Gasteiger partial charge < -0.3 is 15.4 Å². The van der Waals surface area contributed by atoms with E-state index in [0.29, 0.717) is 39.1 Å². The molecule has 1 spiro atoms. The molecule has 2 heterocycles. The van der Waals surface area contributed by atoms with Crippen LogP contribution < -0.4 is 10.6 Å². The highest BCUT2D eigenvalue weighted by atomic mass is 19.1. The molecule has 31 heavy (non-hydrogen) atoms. The minimum Gasteiger partial charge on any atom is -0.379 e. The third kappa shape index (κ3) is 4.29. The summed E-state index contributed by atoms with van der Waals surface area (Å²) in [6, 6.07) is 4.66. The molecule has 3 fully saturated rings. The molecule has 2 saturated heterocycles. The van der Waals surface area contributed by atoms with Crippen LogP contribution in [0.3, 0.4) is 0 Å². The maximum atomic E-state index is 13.4. The van der Waals surface area contributed by atoms with Gasteiger partial charge in [-0.15, -0.1) is 0 Å². The van der Waals surface area contributed by atoms with E-state index in [1.807, 2.05) is 0 Å². The summed E-state index contributed by atoms with van der Waals surface area (Å²) >= 11 is 0. The minimum absolute atomic E-state index is 0.162. The molecule has 168 valence electrons. The number of rotatable bonds is 6. The van der Waals surface area contributed by atoms with Crippen LogP contribution in [0.1, 0.15) is 44.2 Å². The lowest BCUT2D eigenvalue weighted by atomic mass is 9.97. The van der Waals surface area contributed by atoms with E-state index in [1.54, 1.807) is 19.1 Å². The topological polar surface area (TPSA) is 91.0 Å². The number of amides is 4. The molecule has 0 radical (unpaired) electrons. The highest BCUT2D eigenvalue weighted by Gasteiger charge is 2.54. The molecule has 2 unspecified atom stereocenters. The van der Waals surface area contributed by atoms with Gasteiger partial charge in [0.15, 0.2) is 0 Å². The van der Waals surface area contributed by atoms with Crippen LogP contribution in [0.2, 0.25) is 0 Å². The van der Waals surface area contributed by atoms with Gasteiger partial charge in [0, 0.05) is 19.6 Å². The molecular formula is C22H29FN4O4. The molecule has 3 aliphatic rings. The average Bonchev–Trinajstić information content (AvgIpc) is 3.34. The first-order valence-electron chi connectivity index (χ1n) is 10.9. The molecule has 1 aromatic carbocycles. The van der Waals surface area contributed by atoms with Crippen LogP contribution in [0.15, 0.2) is 24.3 Å². The summed E-state index contributed by atoms with van der Waals surface area (Å²) in [7, 11) is 0. The Kier molecular flexibility index (Phi) is 6.24. The van der Waals surface area contributed by atoms with Crippen molar-refractivity contribution < 1.29 is 23.5 Å². The molecule has 1 saturated carbocycles. The van der Waals surface area contributed by atoms with Crippen LogP contribution >= 0.6 is 0 Å². The lowest BCUT2D eigenvalue weighted by molar-refractivity contribution is -0.138. The van der Waals surface area contributed by atoms with Gasteiger partial charge in [-0.3, -0.25) is 14.5 Å². The van der Waals surface area contributed by atoms with E-state index >= 15 is 0 Å². The highest BCUT2D eigenvalue weighted by molar-refractivity contribution is 6.09. The Balaban J connectivity index is 1.44. The second kappa shape index (κ2) is 8.92. The lowest BCUT2D eigenvalue weighted by Gasteiger charge is -2.35. The Morgan fingerprint density at radius 3 is 2.48 bits per heavy atom. The summed E-state index contributed by atoms with van der Waals surface area (Å²) in [5.74, 6) is -1.01. The van der Waals surface area contributed by atoms with Crippen molar-refractivity contribution in [2.45, 2.75) is 50.2 Å². The van der Waals surface area contributed by atoms with Crippen LogP contribution in [0.4, 0.5) is 9.18 Å². The van der Waals surface area contributed by atoms with Crippen molar-refractivity contribution in [1.29, 1.82) is 0 Å². The van der Waals surface area contributed by atoms with Crippen LogP contribution in [-0.4, -0.2) is 72.1 Å². The van der Waals surface area contributed by atoms with Gasteiger partial charge in [0.25, 0.3) is 5.91 Å². The second-order valence-electron chi connectivity index (χ2n) is 8.53. The number of imide groups is 1. The van der Waals surface area contributed by atoms with Gasteiger partial charge in [0.05, 0.1) is 19.3 Å². The third-order valence-corrected chi connectivity index (χ3v) is 6.63. The summed E-state index contributed by atoms with van der Waals surface area (Å²) in [6.07, 6.45) is 3.01. The number of hydrogen-bond acceptors (Lipinski definition) is 5. The Morgan fingerprint density at radius 2 is 1.84 bits per heavy atom. The summed E-state index contributed by atoms with van der Waals surface area (Å²) in [5.41, 5.74) is 0.0481. The van der Waals surface area contributed by atoms with Crippen molar-refractivity contribution >= 4 is 17.8 Å². The number of benzene rings is 1. The number of ether oxygens (including phenoxy) is 1. The van der Waals surface area contributed by atoms with Gasteiger partial charge in [0.2, 0.25) is 5.91 Å². The zero-order chi connectivity index (χ0) is 22.0. The first-order chi connectivity index (χ1) is 14.9. The quantitative estimate of drug-likeness (QED) is 0.666. The van der Waals surface area contributed by atoms with Crippen LogP contribution in [-0.2, 0) is 14.3 Å². The molecule has 0 aromatic heterocycles. The number of halogens is 1. The second-order valence-corrected chi connectivity index (χ2v) is 8.53. The van der Waals surface area contributed by atoms with Gasteiger partial charge in [0.1, 0.15) is 17.4 Å². The molecule has 2 N–H and O–H groups in total. The summed E-state index contributed by atoms with van der Waals surface area (Å²) in [5, 5.41) is 5.71. The number of morpholine rings is 1. The number of urea groups is 1. The molecule has 8 nitrogen and oxygen atoms in total. The molecule has 1 aromatic rings. The Morgan fingerprint density at radius 1 is 1.19 bits per heavy atom. The SMILES string of the molecule is CC(C(=O)NCC(c1ccc(F)cc1)N1CCOCC1)N1C(=O)NC2(CCCC2)C1=O. The summed E-state index contributed by atoms with van der Waals surface area (Å²) < 4.78 is 18.8. The van der Waals surface area contributed by atoms with Gasteiger partial charge in [-0.05, 0) is 37.5 Å². The predicted molar refractivity (Wildman–Crippen MR) is 111 cm³/mol. The van der Waals surface area contributed by atoms with Crippen molar-refractivity contribution in [3.63, 3.8) is 0 Å². The maximum absolute atomic E-state index is 13.4. The Hall–Kier alpha value is -2.52. The molecule has 1 aliphatic carbocycles.